The van der Waals surface area contributed by atoms with Crippen molar-refractivity contribution in [3.05, 3.63) is 120 Å². The Morgan fingerprint density at radius 2 is 0.966 bits per heavy atom. The van der Waals surface area contributed by atoms with E-state index in [0.717, 1.165) is 11.4 Å². The zero-order valence-electron chi connectivity index (χ0n) is 15.9. The number of aromatic nitrogens is 2. The third-order valence-electron chi connectivity index (χ3n) is 3.83. The van der Waals surface area contributed by atoms with E-state index in [9.17, 15) is 0 Å². The van der Waals surface area contributed by atoms with Gasteiger partial charge in [-0.1, -0.05) is 84.9 Å². The molecule has 4 rings (SSSR count). The smallest absolute Gasteiger partial charge is 0.663 e. The maximum absolute atomic E-state index is 4.30. The predicted octanol–water partition coefficient (Wildman–Crippen LogP) is 4.52. The summed E-state index contributed by atoms with van der Waals surface area (Å²) in [6.45, 7) is 1.43. The third kappa shape index (κ3) is 8.60. The van der Waals surface area contributed by atoms with Gasteiger partial charge in [0, 0.05) is 12.4 Å². The van der Waals surface area contributed by atoms with Crippen molar-refractivity contribution in [1.29, 1.82) is 0 Å². The molecule has 0 bridgehead atoms. The summed E-state index contributed by atoms with van der Waals surface area (Å²) in [5.41, 5.74) is 4.27. The molecule has 0 aliphatic rings. The Balaban J connectivity index is 0.000000200. The van der Waals surface area contributed by atoms with Gasteiger partial charge in [0.15, 0.2) is 0 Å². The van der Waals surface area contributed by atoms with Gasteiger partial charge in [-0.15, -0.1) is 11.4 Å². The van der Waals surface area contributed by atoms with Crippen LogP contribution in [0.2, 0.25) is 0 Å². The first kappa shape index (κ1) is 22.2. The molecule has 2 aromatic heterocycles. The van der Waals surface area contributed by atoms with E-state index in [1.54, 1.807) is 24.8 Å². The van der Waals surface area contributed by atoms with E-state index in [-0.39, 0.29) is 17.1 Å². The molecule has 2 heterocycles. The second kappa shape index (κ2) is 13.1. The molecule has 0 saturated heterocycles. The Bertz CT molecular complexity index is 863. The fraction of sp³-hybridized carbons (Fsp3) is 0.0833. The largest absolute Gasteiger partial charge is 2.00 e. The normalized spacial score (nSPS) is 10.5. The molecule has 4 aromatic rings. The maximum atomic E-state index is 4.30. The van der Waals surface area contributed by atoms with Gasteiger partial charge in [-0.05, 0) is 11.1 Å². The van der Waals surface area contributed by atoms with Crippen LogP contribution in [-0.2, 0) is 30.2 Å². The zero-order chi connectivity index (χ0) is 19.3. The van der Waals surface area contributed by atoms with Crippen molar-refractivity contribution in [1.82, 2.24) is 9.97 Å². The number of nitrogens with zero attached hydrogens (tertiary/aromatic N) is 4. The van der Waals surface area contributed by atoms with E-state index in [1.807, 2.05) is 60.7 Å². The number of benzene rings is 2. The second-order valence-corrected chi connectivity index (χ2v) is 6.04. The molecule has 0 spiro atoms. The number of hydrogen-bond donors (Lipinski definition) is 0. The summed E-state index contributed by atoms with van der Waals surface area (Å²) in [5.74, 6) is 0. The fourth-order valence-electron chi connectivity index (χ4n) is 2.44. The molecule has 1 radical (unpaired) electrons. The van der Waals surface area contributed by atoms with Crippen LogP contribution in [0.25, 0.3) is 0 Å². The Morgan fingerprint density at radius 1 is 0.552 bits per heavy atom. The van der Waals surface area contributed by atoms with Crippen LogP contribution < -0.4 is 9.97 Å². The van der Waals surface area contributed by atoms with Crippen molar-refractivity contribution >= 4 is 12.4 Å². The van der Waals surface area contributed by atoms with Crippen LogP contribution in [0, 0.1) is 0 Å². The van der Waals surface area contributed by atoms with Gasteiger partial charge in [0.05, 0.1) is 13.1 Å². The first-order valence-corrected chi connectivity index (χ1v) is 9.13. The number of hydrogen-bond acceptors (Lipinski definition) is 2. The van der Waals surface area contributed by atoms with Crippen molar-refractivity contribution in [3.8, 4) is 0 Å². The molecule has 0 fully saturated rings. The molecule has 4 nitrogen and oxygen atoms in total. The molecule has 2 aromatic carbocycles. The zero-order valence-corrected chi connectivity index (χ0v) is 16.8. The Labute approximate surface area is 182 Å². The standard InChI is InChI=1S/2C12H11N2.Cu/c2*1-2-5-11(6-3-1)9-13-10-12-7-4-8-14-12;/h2*1-8,10H,9H2;/q2*-1;+2. The molecule has 0 aliphatic heterocycles. The molecule has 0 N–H and O–H groups in total. The van der Waals surface area contributed by atoms with E-state index in [2.05, 4.69) is 44.2 Å². The molecule has 0 unspecified atom stereocenters. The molecular weight excluding hydrogens is 408 g/mol. The SMILES string of the molecule is C(=NCc1ccccc1)c1ccc[n-]1.C(=NCc1ccccc1)c1ccc[n-]1.[Cu+2]. The van der Waals surface area contributed by atoms with Gasteiger partial charge in [0.2, 0.25) is 0 Å². The molecule has 0 aliphatic carbocycles. The van der Waals surface area contributed by atoms with Crippen LogP contribution in [0.15, 0.2) is 107 Å². The quantitative estimate of drug-likeness (QED) is 0.334. The van der Waals surface area contributed by atoms with E-state index < -0.39 is 0 Å². The average Bonchev–Trinajstić information content (AvgIpc) is 3.45. The van der Waals surface area contributed by atoms with E-state index >= 15 is 0 Å². The van der Waals surface area contributed by atoms with Gasteiger partial charge < -0.3 is 9.97 Å². The minimum atomic E-state index is 0. The summed E-state index contributed by atoms with van der Waals surface area (Å²) in [6.07, 6.45) is 7.13. The van der Waals surface area contributed by atoms with Crippen molar-refractivity contribution in [2.75, 3.05) is 0 Å². The van der Waals surface area contributed by atoms with Crippen molar-refractivity contribution in [2.24, 2.45) is 9.98 Å². The van der Waals surface area contributed by atoms with Gasteiger partial charge >= 0.3 is 17.1 Å². The molecule has 29 heavy (non-hydrogen) atoms. The van der Waals surface area contributed by atoms with Crippen LogP contribution in [0.4, 0.5) is 0 Å². The third-order valence-corrected chi connectivity index (χ3v) is 3.83. The van der Waals surface area contributed by atoms with Crippen LogP contribution in [-0.4, -0.2) is 12.4 Å². The van der Waals surface area contributed by atoms with E-state index in [1.165, 1.54) is 11.1 Å². The summed E-state index contributed by atoms with van der Waals surface area (Å²) in [5, 5.41) is 0. The molecule has 0 atom stereocenters. The van der Waals surface area contributed by atoms with E-state index in [0.29, 0.717) is 13.1 Å². The Hall–Kier alpha value is -3.14. The minimum absolute atomic E-state index is 0. The first-order valence-electron chi connectivity index (χ1n) is 9.13. The van der Waals surface area contributed by atoms with E-state index in [4.69, 9.17) is 0 Å². The van der Waals surface area contributed by atoms with Gasteiger partial charge in [0.25, 0.3) is 0 Å². The minimum Gasteiger partial charge on any atom is -0.663 e. The second-order valence-electron chi connectivity index (χ2n) is 6.04. The molecule has 5 heteroatoms. The summed E-state index contributed by atoms with van der Waals surface area (Å²) in [4.78, 5) is 16.8. The Kier molecular flexibility index (Phi) is 10.0. The summed E-state index contributed by atoms with van der Waals surface area (Å²) in [7, 11) is 0. The molecule has 0 saturated carbocycles. The number of aliphatic imine (C=N–C) groups is 2. The molecule has 149 valence electrons. The molecule has 0 amide bonds. The van der Waals surface area contributed by atoms with Crippen molar-refractivity contribution in [2.45, 2.75) is 13.1 Å². The van der Waals surface area contributed by atoms with Crippen molar-refractivity contribution in [3.63, 3.8) is 0 Å². The summed E-state index contributed by atoms with van der Waals surface area (Å²) in [6, 6.07) is 28.0. The fourth-order valence-corrected chi connectivity index (χ4v) is 2.44. The van der Waals surface area contributed by atoms with Crippen LogP contribution in [0.1, 0.15) is 22.5 Å². The Morgan fingerprint density at radius 3 is 1.31 bits per heavy atom. The number of rotatable bonds is 6. The average molecular weight is 430 g/mol. The van der Waals surface area contributed by atoms with Gasteiger partial charge in [-0.2, -0.15) is 12.4 Å². The summed E-state index contributed by atoms with van der Waals surface area (Å²) >= 11 is 0. The predicted molar refractivity (Wildman–Crippen MR) is 115 cm³/mol. The van der Waals surface area contributed by atoms with Gasteiger partial charge in [-0.25, -0.2) is 0 Å². The monoisotopic (exact) mass is 429 g/mol. The summed E-state index contributed by atoms with van der Waals surface area (Å²) < 4.78 is 0. The topological polar surface area (TPSA) is 52.9 Å². The van der Waals surface area contributed by atoms with Crippen molar-refractivity contribution < 1.29 is 17.1 Å². The first-order chi connectivity index (χ1) is 13.9. The van der Waals surface area contributed by atoms with Crippen LogP contribution in [0.5, 0.6) is 0 Å². The van der Waals surface area contributed by atoms with Crippen LogP contribution in [0.3, 0.4) is 0 Å². The molecular formula is C24H22CuN4. The van der Waals surface area contributed by atoms with Gasteiger partial charge in [-0.3, -0.25) is 9.98 Å². The maximum Gasteiger partial charge on any atom is 2.00 e. The van der Waals surface area contributed by atoms with Gasteiger partial charge in [0.1, 0.15) is 0 Å². The van der Waals surface area contributed by atoms with Crippen LogP contribution >= 0.6 is 0 Å².